The third-order valence-corrected chi connectivity index (χ3v) is 6.89. The van der Waals surface area contributed by atoms with E-state index in [1.165, 1.54) is 6.08 Å². The molecule has 0 bridgehead atoms. The number of para-hydroxylation sites is 2. The number of benzene rings is 4. The van der Waals surface area contributed by atoms with Crippen molar-refractivity contribution in [1.82, 2.24) is 0 Å². The standard InChI is InChI=1S/C32H31N3O6/c1-20(8-2-7-13-30(37)35-26-12-6-5-11-25(26)33)31(24-15-16-27(36)23-10-4-3-9-22(23)24)41-32(38)34-21-14-17-28-29(18-21)40-19-39-28/h3-7,9-18,20,31,36H,2,8,19,33H2,1H3,(H,34,38)(H,35,37)/b13-7+/t20-,31-/m0/s1. The highest BCUT2D eigenvalue weighted by Gasteiger charge is 2.26. The van der Waals surface area contributed by atoms with Gasteiger partial charge < -0.3 is 30.4 Å². The number of nitrogen functional groups attached to an aromatic ring is 1. The minimum atomic E-state index is -0.638. The van der Waals surface area contributed by atoms with Crippen LogP contribution in [0.3, 0.4) is 0 Å². The van der Waals surface area contributed by atoms with Crippen LogP contribution in [-0.4, -0.2) is 23.9 Å². The monoisotopic (exact) mass is 553 g/mol. The third kappa shape index (κ3) is 6.52. The highest BCUT2D eigenvalue weighted by molar-refractivity contribution is 6.01. The molecule has 5 N–H and O–H groups in total. The first kappa shape index (κ1) is 27.4. The van der Waals surface area contributed by atoms with Crippen LogP contribution in [-0.2, 0) is 9.53 Å². The number of rotatable bonds is 9. The number of phenolic OH excluding ortho intramolecular Hbond substituents is 1. The van der Waals surface area contributed by atoms with Crippen molar-refractivity contribution in [2.24, 2.45) is 5.92 Å². The molecule has 0 unspecified atom stereocenters. The molecule has 0 radical (unpaired) electrons. The van der Waals surface area contributed by atoms with Crippen LogP contribution in [0.2, 0.25) is 0 Å². The van der Waals surface area contributed by atoms with Gasteiger partial charge in [0.05, 0.1) is 11.4 Å². The van der Waals surface area contributed by atoms with Crippen LogP contribution in [0, 0.1) is 5.92 Å². The second kappa shape index (κ2) is 12.3. The van der Waals surface area contributed by atoms with E-state index in [0.717, 1.165) is 10.9 Å². The molecule has 41 heavy (non-hydrogen) atoms. The van der Waals surface area contributed by atoms with Gasteiger partial charge in [0.1, 0.15) is 11.9 Å². The summed E-state index contributed by atoms with van der Waals surface area (Å²) in [6, 6.07) is 23.0. The number of phenols is 1. The minimum absolute atomic E-state index is 0.132. The van der Waals surface area contributed by atoms with Crippen LogP contribution in [0.1, 0.15) is 31.4 Å². The average molecular weight is 554 g/mol. The van der Waals surface area contributed by atoms with Gasteiger partial charge in [-0.3, -0.25) is 10.1 Å². The van der Waals surface area contributed by atoms with E-state index in [9.17, 15) is 14.7 Å². The van der Waals surface area contributed by atoms with E-state index < -0.39 is 12.2 Å². The summed E-state index contributed by atoms with van der Waals surface area (Å²) in [5, 5.41) is 17.4. The van der Waals surface area contributed by atoms with Gasteiger partial charge in [-0.25, -0.2) is 4.79 Å². The SMILES string of the molecule is C[C@@H](CC/C=C/C(=O)Nc1ccccc1N)[C@H](OC(=O)Nc1ccc2c(c1)OCO2)c1ccc(O)c2ccccc12. The van der Waals surface area contributed by atoms with Crippen molar-refractivity contribution < 1.29 is 28.9 Å². The maximum atomic E-state index is 13.1. The van der Waals surface area contributed by atoms with E-state index >= 15 is 0 Å². The van der Waals surface area contributed by atoms with E-state index in [4.69, 9.17) is 19.9 Å². The third-order valence-electron chi connectivity index (χ3n) is 6.89. The van der Waals surface area contributed by atoms with Crippen LogP contribution in [0.4, 0.5) is 21.9 Å². The van der Waals surface area contributed by atoms with Gasteiger partial charge in [0.15, 0.2) is 11.5 Å². The molecule has 210 valence electrons. The van der Waals surface area contributed by atoms with Crippen LogP contribution < -0.4 is 25.8 Å². The lowest BCUT2D eigenvalue weighted by molar-refractivity contribution is -0.111. The predicted molar refractivity (Wildman–Crippen MR) is 158 cm³/mol. The van der Waals surface area contributed by atoms with Crippen molar-refractivity contribution in [1.29, 1.82) is 0 Å². The molecule has 4 aromatic rings. The van der Waals surface area contributed by atoms with Crippen molar-refractivity contribution in [2.45, 2.75) is 25.9 Å². The lowest BCUT2D eigenvalue weighted by Gasteiger charge is -2.26. The van der Waals surface area contributed by atoms with Crippen molar-refractivity contribution in [3.63, 3.8) is 0 Å². The molecule has 0 aromatic heterocycles. The summed E-state index contributed by atoms with van der Waals surface area (Å²) in [4.78, 5) is 25.5. The Labute approximate surface area is 237 Å². The number of hydrogen-bond donors (Lipinski definition) is 4. The molecule has 0 spiro atoms. The molecule has 1 heterocycles. The Balaban J connectivity index is 1.30. The summed E-state index contributed by atoms with van der Waals surface area (Å²) in [6.07, 6.45) is 3.17. The second-order valence-electron chi connectivity index (χ2n) is 9.77. The van der Waals surface area contributed by atoms with Crippen molar-refractivity contribution in [2.75, 3.05) is 23.2 Å². The Morgan fingerprint density at radius 1 is 0.976 bits per heavy atom. The molecule has 0 fully saturated rings. The number of hydrogen-bond acceptors (Lipinski definition) is 7. The smallest absolute Gasteiger partial charge is 0.412 e. The first-order valence-corrected chi connectivity index (χ1v) is 13.3. The Morgan fingerprint density at radius 3 is 2.56 bits per heavy atom. The topological polar surface area (TPSA) is 132 Å². The summed E-state index contributed by atoms with van der Waals surface area (Å²) >= 11 is 0. The maximum absolute atomic E-state index is 13.1. The first-order valence-electron chi connectivity index (χ1n) is 13.3. The fourth-order valence-electron chi connectivity index (χ4n) is 4.76. The highest BCUT2D eigenvalue weighted by Crippen LogP contribution is 2.38. The predicted octanol–water partition coefficient (Wildman–Crippen LogP) is 6.76. The number of fused-ring (bicyclic) bond motifs is 2. The van der Waals surface area contributed by atoms with Gasteiger partial charge in [-0.05, 0) is 60.6 Å². The number of allylic oxidation sites excluding steroid dienone is 1. The Kier molecular flexibility index (Phi) is 8.24. The van der Waals surface area contributed by atoms with Crippen LogP contribution in [0.15, 0.2) is 91.0 Å². The van der Waals surface area contributed by atoms with Crippen LogP contribution in [0.25, 0.3) is 10.8 Å². The first-order chi connectivity index (χ1) is 19.9. The summed E-state index contributed by atoms with van der Waals surface area (Å²) in [7, 11) is 0. The van der Waals surface area contributed by atoms with Gasteiger partial charge in [0, 0.05) is 22.7 Å². The number of aromatic hydroxyl groups is 1. The van der Waals surface area contributed by atoms with E-state index in [2.05, 4.69) is 10.6 Å². The van der Waals surface area contributed by atoms with E-state index in [1.807, 2.05) is 31.2 Å². The van der Waals surface area contributed by atoms with Gasteiger partial charge in [-0.15, -0.1) is 0 Å². The Bertz CT molecular complexity index is 1600. The number of carbonyl (C=O) groups excluding carboxylic acids is 2. The fraction of sp³-hybridized carbons (Fsp3) is 0.188. The molecular weight excluding hydrogens is 522 g/mol. The van der Waals surface area contributed by atoms with Crippen molar-refractivity contribution in [3.8, 4) is 17.2 Å². The number of nitrogens with two attached hydrogens (primary N) is 1. The van der Waals surface area contributed by atoms with Gasteiger partial charge in [0.2, 0.25) is 12.7 Å². The molecule has 1 aliphatic heterocycles. The van der Waals surface area contributed by atoms with Gasteiger partial charge in [0.25, 0.3) is 0 Å². The van der Waals surface area contributed by atoms with E-state index in [-0.39, 0.29) is 24.4 Å². The number of carbonyl (C=O) groups is 2. The lowest BCUT2D eigenvalue weighted by Crippen LogP contribution is -2.22. The largest absolute Gasteiger partial charge is 0.507 e. The van der Waals surface area contributed by atoms with Crippen LogP contribution >= 0.6 is 0 Å². The highest BCUT2D eigenvalue weighted by atomic mass is 16.7. The fourth-order valence-corrected chi connectivity index (χ4v) is 4.76. The second-order valence-corrected chi connectivity index (χ2v) is 9.77. The molecule has 0 saturated carbocycles. The van der Waals surface area contributed by atoms with Crippen LogP contribution in [0.5, 0.6) is 17.2 Å². The molecular formula is C32H31N3O6. The molecule has 1 aliphatic rings. The molecule has 4 aromatic carbocycles. The summed E-state index contributed by atoms with van der Waals surface area (Å²) < 4.78 is 16.8. The average Bonchev–Trinajstić information content (AvgIpc) is 3.44. The Hall–Kier alpha value is -5.18. The van der Waals surface area contributed by atoms with Crippen molar-refractivity contribution >= 4 is 39.8 Å². The van der Waals surface area contributed by atoms with Gasteiger partial charge in [-0.1, -0.05) is 55.5 Å². The van der Waals surface area contributed by atoms with Crippen molar-refractivity contribution in [3.05, 3.63) is 96.6 Å². The molecule has 2 amide bonds. The molecule has 5 rings (SSSR count). The number of nitrogens with one attached hydrogen (secondary N) is 2. The van der Waals surface area contributed by atoms with Gasteiger partial charge in [-0.2, -0.15) is 0 Å². The zero-order valence-electron chi connectivity index (χ0n) is 22.5. The molecule has 2 atom stereocenters. The van der Waals surface area contributed by atoms with E-state index in [0.29, 0.717) is 46.8 Å². The zero-order chi connectivity index (χ0) is 28.8. The van der Waals surface area contributed by atoms with Gasteiger partial charge >= 0.3 is 6.09 Å². The lowest BCUT2D eigenvalue weighted by atomic mass is 9.89. The number of anilines is 3. The number of amides is 2. The summed E-state index contributed by atoms with van der Waals surface area (Å²) in [6.45, 7) is 2.12. The molecule has 9 nitrogen and oxygen atoms in total. The normalized spacial score (nSPS) is 13.6. The maximum Gasteiger partial charge on any atom is 0.412 e. The Morgan fingerprint density at radius 2 is 1.73 bits per heavy atom. The molecule has 9 heteroatoms. The minimum Gasteiger partial charge on any atom is -0.507 e. The quantitative estimate of drug-likeness (QED) is 0.133. The van der Waals surface area contributed by atoms with E-state index in [1.54, 1.807) is 60.7 Å². The zero-order valence-corrected chi connectivity index (χ0v) is 22.5. The molecule has 0 aliphatic carbocycles. The summed E-state index contributed by atoms with van der Waals surface area (Å²) in [5.74, 6) is 0.885. The molecule has 0 saturated heterocycles. The number of ether oxygens (including phenoxy) is 3. The summed E-state index contributed by atoms with van der Waals surface area (Å²) in [5.41, 5.74) is 8.22.